The number of rotatable bonds is 3. The lowest BCUT2D eigenvalue weighted by Crippen LogP contribution is -1.88. The summed E-state index contributed by atoms with van der Waals surface area (Å²) in [5.41, 5.74) is 3.20. The van der Waals surface area contributed by atoms with E-state index in [2.05, 4.69) is 22.4 Å². The van der Waals surface area contributed by atoms with Crippen molar-refractivity contribution in [2.24, 2.45) is 4.99 Å². The van der Waals surface area contributed by atoms with E-state index in [0.717, 1.165) is 22.7 Å². The molecule has 2 aromatic rings. The summed E-state index contributed by atoms with van der Waals surface area (Å²) in [6.45, 7) is 0. The molecule has 2 aromatic carbocycles. The second-order valence-corrected chi connectivity index (χ2v) is 4.25. The topological polar surface area (TPSA) is 12.4 Å². The van der Waals surface area contributed by atoms with Gasteiger partial charge >= 0.3 is 0 Å². The summed E-state index contributed by atoms with van der Waals surface area (Å²) in [6, 6.07) is 15.7. The molecule has 0 aromatic heterocycles. The average Bonchev–Trinajstić information content (AvgIpc) is 2.35. The second-order valence-electron chi connectivity index (χ2n) is 3.64. The first-order chi connectivity index (χ1) is 8.29. The van der Waals surface area contributed by atoms with E-state index in [1.165, 1.54) is 5.56 Å². The molecule has 0 aliphatic rings. The highest BCUT2D eigenvalue weighted by Crippen LogP contribution is 2.22. The molecule has 0 heterocycles. The van der Waals surface area contributed by atoms with Crippen molar-refractivity contribution in [2.75, 3.05) is 0 Å². The van der Waals surface area contributed by atoms with Crippen LogP contribution in [0.1, 0.15) is 11.1 Å². The molecule has 0 N–H and O–H groups in total. The van der Waals surface area contributed by atoms with Crippen molar-refractivity contribution in [1.29, 1.82) is 0 Å². The fourth-order valence-electron chi connectivity index (χ4n) is 1.64. The van der Waals surface area contributed by atoms with Gasteiger partial charge in [-0.25, -0.2) is 0 Å². The molecule has 84 valence electrons. The smallest absolute Gasteiger partial charge is 0.0774 e. The van der Waals surface area contributed by atoms with Gasteiger partial charge in [-0.2, -0.15) is 4.99 Å². The zero-order valence-electron chi connectivity index (χ0n) is 9.06. The van der Waals surface area contributed by atoms with E-state index in [9.17, 15) is 0 Å². The van der Waals surface area contributed by atoms with Crippen molar-refractivity contribution >= 4 is 34.7 Å². The quantitative estimate of drug-likeness (QED) is 0.577. The van der Waals surface area contributed by atoms with Crippen molar-refractivity contribution < 1.29 is 0 Å². The lowest BCUT2D eigenvalue weighted by molar-refractivity contribution is 1.19. The number of aliphatic imine (C=N–C) groups is 1. The normalized spacial score (nSPS) is 9.71. The van der Waals surface area contributed by atoms with Crippen LogP contribution in [0.2, 0.25) is 5.02 Å². The molecule has 0 atom stereocenters. The van der Waals surface area contributed by atoms with E-state index in [4.69, 9.17) is 11.6 Å². The first-order valence-corrected chi connectivity index (χ1v) is 5.98. The Bertz CT molecular complexity index is 557. The van der Waals surface area contributed by atoms with Gasteiger partial charge in [0.25, 0.3) is 0 Å². The summed E-state index contributed by atoms with van der Waals surface area (Å²) in [5, 5.41) is 3.16. The molecule has 17 heavy (non-hydrogen) atoms. The predicted octanol–water partition coefficient (Wildman–Crippen LogP) is 4.67. The maximum Gasteiger partial charge on any atom is 0.0774 e. The largest absolute Gasteiger partial charge is 0.194 e. The van der Waals surface area contributed by atoms with E-state index in [1.54, 1.807) is 0 Å². The minimum Gasteiger partial charge on any atom is -0.194 e. The van der Waals surface area contributed by atoms with Crippen LogP contribution in [0.15, 0.2) is 53.5 Å². The lowest BCUT2D eigenvalue weighted by atomic mass is 10.0. The first kappa shape index (κ1) is 12.0. The Labute approximate surface area is 111 Å². The fraction of sp³-hybridized carbons (Fsp3) is 0.0714. The van der Waals surface area contributed by atoms with Crippen molar-refractivity contribution in [3.63, 3.8) is 0 Å². The number of benzene rings is 2. The van der Waals surface area contributed by atoms with Crippen molar-refractivity contribution in [2.45, 2.75) is 6.42 Å². The average molecular weight is 260 g/mol. The van der Waals surface area contributed by atoms with Crippen LogP contribution in [-0.4, -0.2) is 5.16 Å². The van der Waals surface area contributed by atoms with Gasteiger partial charge in [-0.3, -0.25) is 0 Å². The number of hydrogen-bond acceptors (Lipinski definition) is 2. The molecule has 0 aliphatic heterocycles. The van der Waals surface area contributed by atoms with Crippen LogP contribution in [-0.2, 0) is 6.42 Å². The summed E-state index contributed by atoms with van der Waals surface area (Å²) in [5.74, 6) is 0. The van der Waals surface area contributed by atoms with E-state index < -0.39 is 0 Å². The van der Waals surface area contributed by atoms with Crippen LogP contribution in [0.4, 0.5) is 5.69 Å². The van der Waals surface area contributed by atoms with E-state index in [1.807, 2.05) is 48.5 Å². The van der Waals surface area contributed by atoms with Gasteiger partial charge in [-0.15, -0.1) is 0 Å². The highest BCUT2D eigenvalue weighted by molar-refractivity contribution is 7.78. The van der Waals surface area contributed by atoms with Gasteiger partial charge < -0.3 is 0 Å². The predicted molar refractivity (Wildman–Crippen MR) is 75.4 cm³/mol. The Morgan fingerprint density at radius 1 is 1.06 bits per heavy atom. The minimum atomic E-state index is 0.749. The molecule has 2 rings (SSSR count). The van der Waals surface area contributed by atoms with Gasteiger partial charge in [-0.05, 0) is 48.0 Å². The van der Waals surface area contributed by atoms with Gasteiger partial charge in [0.05, 0.1) is 10.8 Å². The third-order valence-corrected chi connectivity index (χ3v) is 2.81. The summed E-state index contributed by atoms with van der Waals surface area (Å²) >= 11 is 10.5. The minimum absolute atomic E-state index is 0.749. The highest BCUT2D eigenvalue weighted by atomic mass is 35.5. The molecule has 0 fully saturated rings. The SMILES string of the molecule is S=C=Nc1ccccc1Cc1ccc(Cl)cc1. The van der Waals surface area contributed by atoms with Crippen molar-refractivity contribution in [3.8, 4) is 0 Å². The fourth-order valence-corrected chi connectivity index (χ4v) is 1.87. The number of thiocarbonyl (C=S) groups is 1. The van der Waals surface area contributed by atoms with Gasteiger partial charge in [0, 0.05) is 5.02 Å². The molecule has 0 radical (unpaired) electrons. The third-order valence-electron chi connectivity index (χ3n) is 2.47. The maximum absolute atomic E-state index is 5.85. The van der Waals surface area contributed by atoms with Crippen LogP contribution in [0, 0.1) is 0 Å². The molecule has 0 amide bonds. The molecule has 0 saturated carbocycles. The Balaban J connectivity index is 2.29. The highest BCUT2D eigenvalue weighted by Gasteiger charge is 2.01. The zero-order valence-corrected chi connectivity index (χ0v) is 10.6. The first-order valence-electron chi connectivity index (χ1n) is 5.20. The lowest BCUT2D eigenvalue weighted by Gasteiger charge is -2.04. The summed E-state index contributed by atoms with van der Waals surface area (Å²) in [6.07, 6.45) is 0.813. The van der Waals surface area contributed by atoms with Crippen LogP contribution in [0.5, 0.6) is 0 Å². The molecule has 0 unspecified atom stereocenters. The summed E-state index contributed by atoms with van der Waals surface area (Å²) in [4.78, 5) is 4.06. The molecule has 1 nitrogen and oxygen atoms in total. The molecular weight excluding hydrogens is 250 g/mol. The van der Waals surface area contributed by atoms with Crippen molar-refractivity contribution in [3.05, 3.63) is 64.7 Å². The van der Waals surface area contributed by atoms with Gasteiger partial charge in [0.1, 0.15) is 0 Å². The molecule has 0 spiro atoms. The Morgan fingerprint density at radius 2 is 1.76 bits per heavy atom. The molecule has 3 heteroatoms. The van der Waals surface area contributed by atoms with Crippen molar-refractivity contribution in [1.82, 2.24) is 0 Å². The maximum atomic E-state index is 5.85. The van der Waals surface area contributed by atoms with E-state index >= 15 is 0 Å². The van der Waals surface area contributed by atoms with Gasteiger partial charge in [0.15, 0.2) is 0 Å². The van der Waals surface area contributed by atoms with Gasteiger partial charge in [-0.1, -0.05) is 41.9 Å². The number of halogens is 1. The summed E-state index contributed by atoms with van der Waals surface area (Å²) in [7, 11) is 0. The monoisotopic (exact) mass is 259 g/mol. The third kappa shape index (κ3) is 3.24. The van der Waals surface area contributed by atoms with Crippen LogP contribution in [0.3, 0.4) is 0 Å². The Morgan fingerprint density at radius 3 is 2.47 bits per heavy atom. The molecule has 0 saturated heterocycles. The standard InChI is InChI=1S/C14H10ClNS/c15-13-7-5-11(6-8-13)9-12-3-1-2-4-14(12)16-10-17/h1-8H,9H2. The van der Waals surface area contributed by atoms with E-state index in [0.29, 0.717) is 0 Å². The van der Waals surface area contributed by atoms with Crippen LogP contribution >= 0.6 is 23.8 Å². The Kier molecular flexibility index (Phi) is 4.05. The number of hydrogen-bond donors (Lipinski definition) is 0. The van der Waals surface area contributed by atoms with Gasteiger partial charge in [0.2, 0.25) is 0 Å². The Hall–Kier alpha value is -1.47. The molecular formula is C14H10ClNS. The second kappa shape index (κ2) is 5.74. The summed E-state index contributed by atoms with van der Waals surface area (Å²) < 4.78 is 0. The molecule has 0 aliphatic carbocycles. The number of nitrogens with zero attached hydrogens (tertiary/aromatic N) is 1. The van der Waals surface area contributed by atoms with Crippen LogP contribution < -0.4 is 0 Å². The molecule has 0 bridgehead atoms. The number of isothiocyanates is 1. The number of para-hydroxylation sites is 1. The van der Waals surface area contributed by atoms with Crippen LogP contribution in [0.25, 0.3) is 0 Å². The van der Waals surface area contributed by atoms with E-state index in [-0.39, 0.29) is 0 Å². The zero-order chi connectivity index (χ0) is 12.1.